The van der Waals surface area contributed by atoms with Crippen molar-refractivity contribution in [3.8, 4) is 11.6 Å². The number of anilines is 1. The molecule has 4 aliphatic carbocycles. The number of ether oxygens (including phenoxy) is 3. The Kier molecular flexibility index (Phi) is 11.0. The molecule has 3 heterocycles. The quantitative estimate of drug-likeness (QED) is 0.222. The molecule has 1 unspecified atom stereocenters. The molecule has 0 spiro atoms. The smallest absolute Gasteiger partial charge is 0.306 e. The van der Waals surface area contributed by atoms with Crippen molar-refractivity contribution < 1.29 is 41.8 Å². The van der Waals surface area contributed by atoms with Crippen molar-refractivity contribution in [1.82, 2.24) is 14.6 Å². The molecule has 2 amide bonds. The van der Waals surface area contributed by atoms with Crippen molar-refractivity contribution in [2.24, 2.45) is 40.9 Å². The fourth-order valence-electron chi connectivity index (χ4n) is 10.0. The highest BCUT2D eigenvalue weighted by Gasteiger charge is 2.63. The highest BCUT2D eigenvalue weighted by atomic mass is 32.2. The summed E-state index contributed by atoms with van der Waals surface area (Å²) in [5.74, 6) is 0.201. The first kappa shape index (κ1) is 41.5. The van der Waals surface area contributed by atoms with Crippen LogP contribution in [0, 0.1) is 40.9 Å². The molecular formula is C45H60N4O9S. The third kappa shape index (κ3) is 8.44. The zero-order chi connectivity index (χ0) is 42.0. The lowest BCUT2D eigenvalue weighted by molar-refractivity contribution is -0.155. The number of carbonyl (C=O) groups is 4. The van der Waals surface area contributed by atoms with Crippen LogP contribution in [0.2, 0.25) is 0 Å². The first-order valence-corrected chi connectivity index (χ1v) is 23.1. The number of nitrogens with one attached hydrogen (secondary N) is 1. The van der Waals surface area contributed by atoms with E-state index in [0.29, 0.717) is 55.0 Å². The van der Waals surface area contributed by atoms with Crippen LogP contribution in [0.1, 0.15) is 97.8 Å². The lowest BCUT2D eigenvalue weighted by Crippen LogP contribution is -2.48. The summed E-state index contributed by atoms with van der Waals surface area (Å²) in [7, 11) is 1.41. The Labute approximate surface area is 348 Å². The number of ketones is 1. The van der Waals surface area contributed by atoms with E-state index < -0.39 is 50.1 Å². The molecule has 1 aromatic heterocycles. The van der Waals surface area contributed by atoms with Gasteiger partial charge in [-0.05, 0) is 124 Å². The van der Waals surface area contributed by atoms with Crippen molar-refractivity contribution in [1.29, 1.82) is 0 Å². The van der Waals surface area contributed by atoms with E-state index in [1.807, 2.05) is 62.3 Å². The molecule has 13 nitrogen and oxygen atoms in total. The third-order valence-electron chi connectivity index (χ3n) is 14.4. The number of sulfonamides is 1. The van der Waals surface area contributed by atoms with E-state index in [1.54, 1.807) is 18.9 Å². The van der Waals surface area contributed by atoms with Crippen LogP contribution >= 0.6 is 0 Å². The Hall–Kier alpha value is -4.20. The van der Waals surface area contributed by atoms with Gasteiger partial charge in [0.1, 0.15) is 23.8 Å². The molecule has 2 aliphatic heterocycles. The molecule has 5 fully saturated rings. The van der Waals surface area contributed by atoms with Gasteiger partial charge in [0.05, 0.1) is 42.2 Å². The molecule has 14 heteroatoms. The second-order valence-corrected chi connectivity index (χ2v) is 21.4. The number of carbonyl (C=O) groups excluding carboxylic acids is 4. The predicted molar refractivity (Wildman–Crippen MR) is 222 cm³/mol. The number of fused-ring (bicyclic) bond motifs is 4. The van der Waals surface area contributed by atoms with Crippen molar-refractivity contribution in [3.05, 3.63) is 36.4 Å². The molecule has 320 valence electrons. The van der Waals surface area contributed by atoms with E-state index in [-0.39, 0.29) is 61.4 Å². The molecule has 8 rings (SSSR count). The number of pyridine rings is 1. The van der Waals surface area contributed by atoms with Gasteiger partial charge >= 0.3 is 5.97 Å². The highest BCUT2D eigenvalue weighted by molar-refractivity contribution is 7.91. The molecule has 1 saturated heterocycles. The average Bonchev–Trinajstić information content (AvgIpc) is 4.14. The van der Waals surface area contributed by atoms with Gasteiger partial charge in [-0.15, -0.1) is 0 Å². The largest absolute Gasteiger partial charge is 0.497 e. The first-order chi connectivity index (χ1) is 28.0. The van der Waals surface area contributed by atoms with Crippen molar-refractivity contribution in [2.75, 3.05) is 32.6 Å². The minimum atomic E-state index is -3.96. The van der Waals surface area contributed by atoms with Crippen molar-refractivity contribution in [3.63, 3.8) is 0 Å². The standard InChI is InChI=1S/C45H60N4O9S/c1-26-9-7-8-10-31-23-45(31,43(53)47-59(54,55)44(3)13-14-44)24-38(50)37-21-34(58-41-35-12-11-32(56-6)19-30(35)20-39(46-41)48(4)5)25-49(37)42(52)36(27(2)15-26)22-40(51)57-33-17-28-16-29(28)18-33/h8,10-12,19-20,26-29,31,33-34,36-37H,7,9,13-18,21-25H2,1-6H3,(H,47,53)/b10-8-/t26-,27-,28-,29+,31-,33?,34-,36+,37+,45-/m1/s1. The number of Topliss-reactive ketones (excluding diaryl/α,β-unsaturated/α-hetero) is 1. The third-order valence-corrected chi connectivity index (χ3v) is 16.6. The molecule has 59 heavy (non-hydrogen) atoms. The lowest BCUT2D eigenvalue weighted by Gasteiger charge is -2.32. The predicted octanol–water partition coefficient (Wildman–Crippen LogP) is 5.98. The van der Waals surface area contributed by atoms with Crippen molar-refractivity contribution in [2.45, 2.75) is 121 Å². The van der Waals surface area contributed by atoms with Gasteiger partial charge in [0.25, 0.3) is 0 Å². The van der Waals surface area contributed by atoms with Gasteiger partial charge in [0.15, 0.2) is 5.78 Å². The minimum Gasteiger partial charge on any atom is -0.497 e. The Morgan fingerprint density at radius 2 is 1.76 bits per heavy atom. The van der Waals surface area contributed by atoms with Crippen LogP contribution < -0.4 is 19.1 Å². The maximum absolute atomic E-state index is 15.1. The molecule has 4 saturated carbocycles. The summed E-state index contributed by atoms with van der Waals surface area (Å²) < 4.78 is 46.1. The number of rotatable bonds is 10. The van der Waals surface area contributed by atoms with Crippen LogP contribution in [-0.2, 0) is 33.9 Å². The van der Waals surface area contributed by atoms with Crippen molar-refractivity contribution >= 4 is 50.2 Å². The van der Waals surface area contributed by atoms with E-state index >= 15 is 4.79 Å². The number of hydrogen-bond donors (Lipinski definition) is 1. The van der Waals surface area contributed by atoms with Gasteiger partial charge in [0.2, 0.25) is 27.7 Å². The maximum atomic E-state index is 15.1. The van der Waals surface area contributed by atoms with Crippen LogP contribution in [0.3, 0.4) is 0 Å². The van der Waals surface area contributed by atoms with Gasteiger partial charge in [0, 0.05) is 32.3 Å². The summed E-state index contributed by atoms with van der Waals surface area (Å²) in [4.78, 5) is 65.9. The number of esters is 1. The normalized spacial score (nSPS) is 34.3. The van der Waals surface area contributed by atoms with Gasteiger partial charge in [-0.1, -0.05) is 26.0 Å². The summed E-state index contributed by atoms with van der Waals surface area (Å²) in [6.45, 7) is 5.85. The molecule has 2 aromatic rings. The Bertz CT molecular complexity index is 2140. The van der Waals surface area contributed by atoms with E-state index in [2.05, 4.69) is 11.6 Å². The zero-order valence-corrected chi connectivity index (χ0v) is 36.1. The van der Waals surface area contributed by atoms with E-state index in [0.717, 1.165) is 36.5 Å². The van der Waals surface area contributed by atoms with Gasteiger partial charge in [-0.2, -0.15) is 4.98 Å². The number of methoxy groups -OCH3 is 1. The second-order valence-electron chi connectivity index (χ2n) is 19.2. The fourth-order valence-corrected chi connectivity index (χ4v) is 11.4. The molecule has 1 N–H and O–H groups in total. The van der Waals surface area contributed by atoms with Crippen LogP contribution in [0.15, 0.2) is 36.4 Å². The summed E-state index contributed by atoms with van der Waals surface area (Å²) in [6.07, 6.45) is 9.50. The Morgan fingerprint density at radius 1 is 1.02 bits per heavy atom. The summed E-state index contributed by atoms with van der Waals surface area (Å²) in [5, 5.41) is 1.58. The number of aromatic nitrogens is 1. The SMILES string of the molecule is COc1ccc2c(O[C@@H]3C[C@H]4C(=O)C[C@]5(C(=O)NS(=O)(=O)C6(C)CC6)C[C@H]5/C=C\CC[C@@H](C)C[C@@H](C)[C@H](CC(=O)OC5C[C@@H]6C[C@@H]6C5)C(=O)N4C3)nc(N(C)C)cc2c1. The molecule has 1 aromatic carbocycles. The van der Waals surface area contributed by atoms with Gasteiger partial charge in [-0.3, -0.25) is 23.9 Å². The van der Waals surface area contributed by atoms with Gasteiger partial charge < -0.3 is 24.0 Å². The van der Waals surface area contributed by atoms with Crippen LogP contribution in [-0.4, -0.2) is 92.6 Å². The Morgan fingerprint density at radius 3 is 2.46 bits per heavy atom. The van der Waals surface area contributed by atoms with Crippen LogP contribution in [0.25, 0.3) is 10.8 Å². The Balaban J connectivity index is 1.12. The number of amides is 2. The van der Waals surface area contributed by atoms with Crippen LogP contribution in [0.4, 0.5) is 5.82 Å². The molecule has 0 bridgehead atoms. The fraction of sp³-hybridized carbons (Fsp3) is 0.667. The van der Waals surface area contributed by atoms with E-state index in [1.165, 1.54) is 6.42 Å². The number of benzene rings is 1. The zero-order valence-electron chi connectivity index (χ0n) is 35.3. The highest BCUT2D eigenvalue weighted by Crippen LogP contribution is 2.58. The molecule has 6 aliphatic rings. The number of allylic oxidation sites excluding steroid dienone is 2. The molecule has 0 radical (unpaired) electrons. The number of hydrogen-bond acceptors (Lipinski definition) is 11. The first-order valence-electron chi connectivity index (χ1n) is 21.6. The second kappa shape index (κ2) is 15.7. The average molecular weight is 833 g/mol. The monoisotopic (exact) mass is 832 g/mol. The maximum Gasteiger partial charge on any atom is 0.306 e. The van der Waals surface area contributed by atoms with Gasteiger partial charge in [-0.25, -0.2) is 8.42 Å². The molecule has 10 atom stereocenters. The molecular weight excluding hydrogens is 773 g/mol. The van der Waals surface area contributed by atoms with Crippen LogP contribution in [0.5, 0.6) is 11.6 Å². The summed E-state index contributed by atoms with van der Waals surface area (Å²) >= 11 is 0. The minimum absolute atomic E-state index is 0.0653. The topological polar surface area (TPSA) is 162 Å². The van der Waals surface area contributed by atoms with E-state index in [4.69, 9.17) is 19.2 Å². The van der Waals surface area contributed by atoms with E-state index in [9.17, 15) is 22.8 Å². The summed E-state index contributed by atoms with van der Waals surface area (Å²) in [6, 6.07) is 6.56. The number of nitrogens with zero attached hydrogens (tertiary/aromatic N) is 3. The summed E-state index contributed by atoms with van der Waals surface area (Å²) in [5.41, 5.74) is -1.26. The lowest BCUT2D eigenvalue weighted by atomic mass is 9.82.